The third-order valence-electron chi connectivity index (χ3n) is 3.73. The van der Waals surface area contributed by atoms with E-state index in [1.165, 1.54) is 19.1 Å². The molecule has 1 N–H and O–H groups in total. The Morgan fingerprint density at radius 1 is 1.14 bits per heavy atom. The number of nitrogens with one attached hydrogen (secondary N) is 1. The number of nitro groups is 1. The molecule has 1 atom stereocenters. The van der Waals surface area contributed by atoms with Crippen LogP contribution in [-0.4, -0.2) is 37.0 Å². The molecule has 8 nitrogen and oxygen atoms in total. The maximum atomic E-state index is 13.2. The molecule has 28 heavy (non-hydrogen) atoms. The maximum Gasteiger partial charge on any atom is 0.341 e. The molecule has 2 rings (SSSR count). The Morgan fingerprint density at radius 2 is 1.82 bits per heavy atom. The van der Waals surface area contributed by atoms with Gasteiger partial charge in [-0.25, -0.2) is 13.6 Å². The van der Waals surface area contributed by atoms with Gasteiger partial charge in [0.25, 0.3) is 11.6 Å². The van der Waals surface area contributed by atoms with Gasteiger partial charge in [-0.3, -0.25) is 14.9 Å². The fourth-order valence-electron chi connectivity index (χ4n) is 2.29. The van der Waals surface area contributed by atoms with Crippen molar-refractivity contribution in [1.29, 1.82) is 0 Å². The third kappa shape index (κ3) is 4.78. The zero-order valence-corrected chi connectivity index (χ0v) is 15.2. The highest BCUT2D eigenvalue weighted by molar-refractivity contribution is 6.00. The molecule has 0 unspecified atom stereocenters. The summed E-state index contributed by atoms with van der Waals surface area (Å²) in [6, 6.07) is 6.46. The van der Waals surface area contributed by atoms with Crippen LogP contribution >= 0.6 is 0 Å². The molecule has 0 spiro atoms. The van der Waals surface area contributed by atoms with Crippen molar-refractivity contribution in [2.45, 2.75) is 13.0 Å². The molecule has 0 saturated carbocycles. The molecule has 0 fully saturated rings. The van der Waals surface area contributed by atoms with E-state index in [1.54, 1.807) is 19.0 Å². The minimum absolute atomic E-state index is 0.0175. The molecule has 0 aromatic heterocycles. The van der Waals surface area contributed by atoms with Gasteiger partial charge in [-0.2, -0.15) is 0 Å². The fourth-order valence-corrected chi connectivity index (χ4v) is 2.29. The van der Waals surface area contributed by atoms with Crippen LogP contribution in [0.1, 0.15) is 17.3 Å². The Bertz CT molecular complexity index is 933. The topological polar surface area (TPSA) is 102 Å². The van der Waals surface area contributed by atoms with Crippen LogP contribution in [0.2, 0.25) is 0 Å². The lowest BCUT2D eigenvalue weighted by atomic mass is 10.1. The number of esters is 1. The number of hydrogen-bond acceptors (Lipinski definition) is 6. The average Bonchev–Trinajstić information content (AvgIpc) is 2.63. The van der Waals surface area contributed by atoms with Crippen LogP contribution in [0.25, 0.3) is 0 Å². The van der Waals surface area contributed by atoms with Crippen LogP contribution in [0.4, 0.5) is 25.8 Å². The van der Waals surface area contributed by atoms with Gasteiger partial charge in [-0.15, -0.1) is 0 Å². The van der Waals surface area contributed by atoms with Crippen molar-refractivity contribution in [1.82, 2.24) is 0 Å². The molecule has 148 valence electrons. The second-order valence-electron chi connectivity index (χ2n) is 6.02. The van der Waals surface area contributed by atoms with Crippen LogP contribution in [0.15, 0.2) is 36.4 Å². The first-order valence-corrected chi connectivity index (χ1v) is 8.02. The van der Waals surface area contributed by atoms with E-state index in [1.807, 2.05) is 0 Å². The number of halogens is 2. The lowest BCUT2D eigenvalue weighted by molar-refractivity contribution is -0.384. The average molecular weight is 393 g/mol. The lowest BCUT2D eigenvalue weighted by Gasteiger charge is -2.18. The molecule has 0 bridgehead atoms. The highest BCUT2D eigenvalue weighted by Gasteiger charge is 2.24. The highest BCUT2D eigenvalue weighted by Crippen LogP contribution is 2.25. The van der Waals surface area contributed by atoms with E-state index in [-0.39, 0.29) is 16.9 Å². The van der Waals surface area contributed by atoms with Gasteiger partial charge in [-0.05, 0) is 25.1 Å². The minimum atomic E-state index is -1.30. The maximum absolute atomic E-state index is 13.2. The molecule has 2 aromatic carbocycles. The smallest absolute Gasteiger partial charge is 0.341 e. The van der Waals surface area contributed by atoms with Crippen LogP contribution in [0, 0.1) is 21.7 Å². The zero-order valence-electron chi connectivity index (χ0n) is 15.2. The summed E-state index contributed by atoms with van der Waals surface area (Å²) in [7, 11) is 3.27. The largest absolute Gasteiger partial charge is 0.449 e. The van der Waals surface area contributed by atoms with Gasteiger partial charge < -0.3 is 15.0 Å². The van der Waals surface area contributed by atoms with E-state index < -0.39 is 34.5 Å². The Kier molecular flexibility index (Phi) is 6.24. The summed E-state index contributed by atoms with van der Waals surface area (Å²) in [6.45, 7) is 1.28. The molecule has 1 amide bonds. The Balaban J connectivity index is 2.16. The number of nitro benzene ring substituents is 1. The van der Waals surface area contributed by atoms with Gasteiger partial charge in [0, 0.05) is 38.0 Å². The molecule has 0 radical (unpaired) electrons. The number of carbonyl (C=O) groups excluding carboxylic acids is 2. The number of non-ortho nitro benzene ring substituents is 1. The zero-order chi connectivity index (χ0) is 21.0. The minimum Gasteiger partial charge on any atom is -0.449 e. The number of hydrogen-bond donors (Lipinski definition) is 1. The summed E-state index contributed by atoms with van der Waals surface area (Å²) < 4.78 is 31.2. The van der Waals surface area contributed by atoms with Gasteiger partial charge in [0.15, 0.2) is 17.7 Å². The molecule has 0 aliphatic rings. The van der Waals surface area contributed by atoms with Gasteiger partial charge >= 0.3 is 5.97 Å². The number of nitrogens with zero attached hydrogens (tertiary/aromatic N) is 2. The third-order valence-corrected chi connectivity index (χ3v) is 3.73. The molecular weight excluding hydrogens is 376 g/mol. The van der Waals surface area contributed by atoms with Gasteiger partial charge in [0.1, 0.15) is 0 Å². The van der Waals surface area contributed by atoms with Crippen LogP contribution in [0.3, 0.4) is 0 Å². The number of amides is 1. The lowest BCUT2D eigenvalue weighted by Crippen LogP contribution is -2.30. The Hall–Kier alpha value is -3.56. The number of rotatable bonds is 6. The molecule has 10 heteroatoms. The van der Waals surface area contributed by atoms with Crippen molar-refractivity contribution in [3.05, 3.63) is 63.7 Å². The summed E-state index contributed by atoms with van der Waals surface area (Å²) in [5.41, 5.74) is -0.0527. The molecule has 0 aliphatic carbocycles. The number of benzene rings is 2. The van der Waals surface area contributed by atoms with Gasteiger partial charge in [0.05, 0.1) is 16.2 Å². The van der Waals surface area contributed by atoms with Crippen LogP contribution < -0.4 is 10.2 Å². The summed E-state index contributed by atoms with van der Waals surface area (Å²) in [5.74, 6) is -3.94. The van der Waals surface area contributed by atoms with E-state index in [4.69, 9.17) is 4.74 Å². The van der Waals surface area contributed by atoms with Gasteiger partial charge in [-0.1, -0.05) is 0 Å². The van der Waals surface area contributed by atoms with E-state index in [9.17, 15) is 28.5 Å². The monoisotopic (exact) mass is 393 g/mol. The highest BCUT2D eigenvalue weighted by atomic mass is 19.2. The van der Waals surface area contributed by atoms with Crippen molar-refractivity contribution in [3.8, 4) is 0 Å². The summed E-state index contributed by atoms with van der Waals surface area (Å²) in [4.78, 5) is 36.5. The van der Waals surface area contributed by atoms with Crippen LogP contribution in [-0.2, 0) is 9.53 Å². The second-order valence-corrected chi connectivity index (χ2v) is 6.02. The quantitative estimate of drug-likeness (QED) is 0.460. The van der Waals surface area contributed by atoms with E-state index >= 15 is 0 Å². The number of ether oxygens (including phenoxy) is 1. The predicted molar refractivity (Wildman–Crippen MR) is 97.3 cm³/mol. The molecule has 0 aliphatic heterocycles. The first-order valence-electron chi connectivity index (χ1n) is 8.02. The summed E-state index contributed by atoms with van der Waals surface area (Å²) >= 11 is 0. The fraction of sp³-hybridized carbons (Fsp3) is 0.222. The Morgan fingerprint density at radius 3 is 2.39 bits per heavy atom. The first-order chi connectivity index (χ1) is 13.1. The van der Waals surface area contributed by atoms with E-state index in [0.717, 1.165) is 24.3 Å². The normalized spacial score (nSPS) is 11.5. The van der Waals surface area contributed by atoms with Crippen molar-refractivity contribution in [2.24, 2.45) is 0 Å². The SMILES string of the molecule is C[C@@H](OC(=O)c1cc([N+](=O)[O-])ccc1N(C)C)C(=O)Nc1ccc(F)c(F)c1. The van der Waals surface area contributed by atoms with E-state index in [2.05, 4.69) is 5.32 Å². The van der Waals surface area contributed by atoms with Crippen LogP contribution in [0.5, 0.6) is 0 Å². The van der Waals surface area contributed by atoms with Crippen molar-refractivity contribution in [2.75, 3.05) is 24.3 Å². The summed E-state index contributed by atoms with van der Waals surface area (Å²) in [5, 5.41) is 13.3. The predicted octanol–water partition coefficient (Wildman–Crippen LogP) is 3.12. The molecule has 0 saturated heterocycles. The first kappa shape index (κ1) is 20.7. The van der Waals surface area contributed by atoms with Gasteiger partial charge in [0.2, 0.25) is 0 Å². The van der Waals surface area contributed by atoms with E-state index in [0.29, 0.717) is 5.69 Å². The molecule has 2 aromatic rings. The van der Waals surface area contributed by atoms with Crippen molar-refractivity contribution < 1.29 is 28.0 Å². The summed E-state index contributed by atoms with van der Waals surface area (Å²) in [6.07, 6.45) is -1.30. The van der Waals surface area contributed by atoms with Crippen molar-refractivity contribution >= 4 is 28.9 Å². The molecular formula is C18H17F2N3O5. The standard InChI is InChI=1S/C18H17F2N3O5/c1-10(17(24)21-11-4-6-14(19)15(20)8-11)28-18(25)13-9-12(23(26)27)5-7-16(13)22(2)3/h4-10H,1-3H3,(H,21,24)/t10-/m1/s1. The number of carbonyl (C=O) groups is 2. The Labute approximate surface area is 158 Å². The second kappa shape index (κ2) is 8.42. The molecule has 0 heterocycles. The number of anilines is 2. The van der Waals surface area contributed by atoms with Crippen molar-refractivity contribution in [3.63, 3.8) is 0 Å².